The van der Waals surface area contributed by atoms with Crippen molar-refractivity contribution < 1.29 is 23.9 Å². The lowest BCUT2D eigenvalue weighted by atomic mass is 9.87. The highest BCUT2D eigenvalue weighted by molar-refractivity contribution is 6.30. The quantitative estimate of drug-likeness (QED) is 0.612. The van der Waals surface area contributed by atoms with E-state index in [-0.39, 0.29) is 19.0 Å². The molecule has 170 valence electrons. The minimum absolute atomic E-state index is 0.221. The predicted molar refractivity (Wildman–Crippen MR) is 120 cm³/mol. The van der Waals surface area contributed by atoms with Gasteiger partial charge in [0.25, 0.3) is 5.91 Å². The van der Waals surface area contributed by atoms with Crippen molar-refractivity contribution >= 4 is 29.4 Å². The molecule has 3 rings (SSSR count). The van der Waals surface area contributed by atoms with Crippen LogP contribution >= 0.6 is 11.6 Å². The Labute approximate surface area is 192 Å². The van der Waals surface area contributed by atoms with Crippen LogP contribution < -0.4 is 14.8 Å². The number of nitrogens with zero attached hydrogens (tertiary/aromatic N) is 2. The van der Waals surface area contributed by atoms with E-state index in [0.717, 1.165) is 10.5 Å². The third-order valence-electron chi connectivity index (χ3n) is 5.65. The van der Waals surface area contributed by atoms with Crippen LogP contribution in [0.2, 0.25) is 5.02 Å². The van der Waals surface area contributed by atoms with Gasteiger partial charge in [-0.25, -0.2) is 4.79 Å². The molecule has 0 spiro atoms. The standard InChI is InChI=1S/C23H26ClN3O5/c1-5-23(16-9-11-17(24)12-10-16)21(29)27(22(30)25-23)14-19(28)26(2)13-15-7-6-8-18(31-3)20(15)32-4/h6-12H,5,13-14H2,1-4H3,(H,25,30)/t23-/m0/s1. The Bertz CT molecular complexity index is 1030. The van der Waals surface area contributed by atoms with Gasteiger partial charge in [-0.2, -0.15) is 0 Å². The van der Waals surface area contributed by atoms with E-state index in [1.807, 2.05) is 6.07 Å². The van der Waals surface area contributed by atoms with E-state index in [1.54, 1.807) is 50.4 Å². The van der Waals surface area contributed by atoms with E-state index in [4.69, 9.17) is 21.1 Å². The number of ether oxygens (including phenoxy) is 2. The molecule has 0 bridgehead atoms. The molecule has 1 heterocycles. The lowest BCUT2D eigenvalue weighted by molar-refractivity contribution is -0.138. The molecule has 1 N–H and O–H groups in total. The van der Waals surface area contributed by atoms with Crippen molar-refractivity contribution in [2.45, 2.75) is 25.4 Å². The highest BCUT2D eigenvalue weighted by atomic mass is 35.5. The molecular formula is C23H26ClN3O5. The number of urea groups is 1. The highest BCUT2D eigenvalue weighted by Gasteiger charge is 2.51. The molecular weight excluding hydrogens is 434 g/mol. The third kappa shape index (κ3) is 4.23. The summed E-state index contributed by atoms with van der Waals surface area (Å²) in [5.41, 5.74) is 0.132. The number of hydrogen-bond donors (Lipinski definition) is 1. The smallest absolute Gasteiger partial charge is 0.325 e. The van der Waals surface area contributed by atoms with E-state index in [1.165, 1.54) is 19.1 Å². The number of imide groups is 1. The molecule has 0 unspecified atom stereocenters. The molecule has 1 aliphatic rings. The van der Waals surface area contributed by atoms with Gasteiger partial charge in [0, 0.05) is 24.2 Å². The van der Waals surface area contributed by atoms with Gasteiger partial charge in [-0.3, -0.25) is 14.5 Å². The topological polar surface area (TPSA) is 88.2 Å². The molecule has 0 saturated carbocycles. The SMILES string of the molecule is CC[C@@]1(c2ccc(Cl)cc2)NC(=O)N(CC(=O)N(C)Cc2cccc(OC)c2OC)C1=O. The maximum atomic E-state index is 13.3. The van der Waals surface area contributed by atoms with Crippen LogP contribution in [-0.2, 0) is 21.7 Å². The third-order valence-corrected chi connectivity index (χ3v) is 5.91. The lowest BCUT2D eigenvalue weighted by Gasteiger charge is -2.26. The van der Waals surface area contributed by atoms with E-state index in [9.17, 15) is 14.4 Å². The van der Waals surface area contributed by atoms with Gasteiger partial charge in [0.2, 0.25) is 5.91 Å². The zero-order chi connectivity index (χ0) is 23.5. The Hall–Kier alpha value is -3.26. The van der Waals surface area contributed by atoms with Crippen LogP contribution in [0.25, 0.3) is 0 Å². The van der Waals surface area contributed by atoms with E-state index >= 15 is 0 Å². The van der Waals surface area contributed by atoms with Crippen molar-refractivity contribution in [2.75, 3.05) is 27.8 Å². The van der Waals surface area contributed by atoms with Crippen molar-refractivity contribution in [1.82, 2.24) is 15.1 Å². The zero-order valence-corrected chi connectivity index (χ0v) is 19.2. The first kappa shape index (κ1) is 23.4. The molecule has 1 atom stereocenters. The maximum Gasteiger partial charge on any atom is 0.325 e. The van der Waals surface area contributed by atoms with Crippen LogP contribution in [-0.4, -0.2) is 55.5 Å². The minimum atomic E-state index is -1.23. The summed E-state index contributed by atoms with van der Waals surface area (Å²) in [7, 11) is 4.66. The normalized spacial score (nSPS) is 17.8. The van der Waals surface area contributed by atoms with Crippen LogP contribution in [0.5, 0.6) is 11.5 Å². The highest BCUT2D eigenvalue weighted by Crippen LogP contribution is 2.34. The van der Waals surface area contributed by atoms with Gasteiger partial charge >= 0.3 is 6.03 Å². The average Bonchev–Trinajstić information content (AvgIpc) is 3.04. The average molecular weight is 460 g/mol. The Morgan fingerprint density at radius 2 is 1.81 bits per heavy atom. The number of hydrogen-bond acceptors (Lipinski definition) is 5. The van der Waals surface area contributed by atoms with Crippen LogP contribution in [0.3, 0.4) is 0 Å². The maximum absolute atomic E-state index is 13.3. The van der Waals surface area contributed by atoms with E-state index in [0.29, 0.717) is 28.5 Å². The fourth-order valence-corrected chi connectivity index (χ4v) is 3.95. The van der Waals surface area contributed by atoms with Gasteiger partial charge in [-0.05, 0) is 30.2 Å². The van der Waals surface area contributed by atoms with Crippen LogP contribution in [0, 0.1) is 0 Å². The van der Waals surface area contributed by atoms with Gasteiger partial charge in [0.1, 0.15) is 12.1 Å². The molecule has 0 aliphatic carbocycles. The first-order valence-corrected chi connectivity index (χ1v) is 10.5. The predicted octanol–water partition coefficient (Wildman–Crippen LogP) is 3.17. The molecule has 1 fully saturated rings. The summed E-state index contributed by atoms with van der Waals surface area (Å²) >= 11 is 5.96. The largest absolute Gasteiger partial charge is 0.493 e. The van der Waals surface area contributed by atoms with Gasteiger partial charge in [-0.15, -0.1) is 0 Å². The molecule has 2 aromatic rings. The first-order chi connectivity index (χ1) is 15.3. The first-order valence-electron chi connectivity index (χ1n) is 10.1. The number of nitrogens with one attached hydrogen (secondary N) is 1. The molecule has 4 amide bonds. The molecule has 1 aliphatic heterocycles. The van der Waals surface area contributed by atoms with Gasteiger partial charge < -0.3 is 19.7 Å². The summed E-state index contributed by atoms with van der Waals surface area (Å²) in [6.45, 7) is 1.65. The zero-order valence-electron chi connectivity index (χ0n) is 18.5. The van der Waals surface area contributed by atoms with Gasteiger partial charge in [0.05, 0.1) is 14.2 Å². The van der Waals surface area contributed by atoms with Crippen molar-refractivity contribution in [3.05, 3.63) is 58.6 Å². The number of benzene rings is 2. The number of likely N-dealkylation sites (N-methyl/N-ethyl adjacent to an activating group) is 1. The number of carbonyl (C=O) groups excluding carboxylic acids is 3. The van der Waals surface area contributed by atoms with Crippen molar-refractivity contribution in [2.24, 2.45) is 0 Å². The molecule has 0 aromatic heterocycles. The molecule has 8 nitrogen and oxygen atoms in total. The number of rotatable bonds is 8. The second kappa shape index (κ2) is 9.48. The molecule has 1 saturated heterocycles. The van der Waals surface area contributed by atoms with Crippen molar-refractivity contribution in [3.63, 3.8) is 0 Å². The van der Waals surface area contributed by atoms with Gasteiger partial charge in [0.15, 0.2) is 11.5 Å². The Kier molecular flexibility index (Phi) is 6.93. The number of amides is 4. The lowest BCUT2D eigenvalue weighted by Crippen LogP contribution is -2.45. The van der Waals surface area contributed by atoms with Crippen LogP contribution in [0.1, 0.15) is 24.5 Å². The number of carbonyl (C=O) groups is 3. The summed E-state index contributed by atoms with van der Waals surface area (Å²) in [4.78, 5) is 41.2. The van der Waals surface area contributed by atoms with Crippen LogP contribution in [0.15, 0.2) is 42.5 Å². The summed E-state index contributed by atoms with van der Waals surface area (Å²) in [6, 6.07) is 11.5. The molecule has 9 heteroatoms. The van der Waals surface area contributed by atoms with Gasteiger partial charge in [-0.1, -0.05) is 42.8 Å². The number of para-hydroxylation sites is 1. The summed E-state index contributed by atoms with van der Waals surface area (Å²) in [5.74, 6) is 0.224. The second-order valence-electron chi connectivity index (χ2n) is 7.49. The summed E-state index contributed by atoms with van der Waals surface area (Å²) < 4.78 is 10.7. The van der Waals surface area contributed by atoms with Crippen LogP contribution in [0.4, 0.5) is 4.79 Å². The molecule has 0 radical (unpaired) electrons. The second-order valence-corrected chi connectivity index (χ2v) is 7.93. The number of methoxy groups -OCH3 is 2. The van der Waals surface area contributed by atoms with Crippen molar-refractivity contribution in [3.8, 4) is 11.5 Å². The Balaban J connectivity index is 1.77. The van der Waals surface area contributed by atoms with Crippen molar-refractivity contribution in [1.29, 1.82) is 0 Å². The summed E-state index contributed by atoms with van der Waals surface area (Å²) in [5, 5.41) is 3.29. The minimum Gasteiger partial charge on any atom is -0.493 e. The number of halogens is 1. The van der Waals surface area contributed by atoms with E-state index in [2.05, 4.69) is 5.32 Å². The van der Waals surface area contributed by atoms with E-state index < -0.39 is 17.5 Å². The Morgan fingerprint density at radius 1 is 1.12 bits per heavy atom. The Morgan fingerprint density at radius 3 is 2.41 bits per heavy atom. The summed E-state index contributed by atoms with van der Waals surface area (Å²) in [6.07, 6.45) is 0.334. The fraction of sp³-hybridized carbons (Fsp3) is 0.348. The molecule has 32 heavy (non-hydrogen) atoms. The fourth-order valence-electron chi connectivity index (χ4n) is 3.82. The monoisotopic (exact) mass is 459 g/mol. The molecule has 2 aromatic carbocycles.